The number of rotatable bonds is 3. The van der Waals surface area contributed by atoms with E-state index in [1.807, 2.05) is 0 Å². The largest absolute Gasteiger partial charge is 0.387 e. The van der Waals surface area contributed by atoms with Crippen molar-refractivity contribution >= 4 is 5.84 Å². The topological polar surface area (TPSA) is 38.4 Å². The van der Waals surface area contributed by atoms with Crippen LogP contribution in [0.2, 0.25) is 0 Å². The minimum atomic E-state index is 0.611. The highest BCUT2D eigenvalue weighted by molar-refractivity contribution is 5.84. The van der Waals surface area contributed by atoms with Crippen LogP contribution >= 0.6 is 0 Å². The van der Waals surface area contributed by atoms with Crippen molar-refractivity contribution in [1.29, 1.82) is 0 Å². The van der Waals surface area contributed by atoms with Crippen LogP contribution in [0.5, 0.6) is 0 Å². The number of aliphatic imine (C=N–C) groups is 1. The summed E-state index contributed by atoms with van der Waals surface area (Å²) in [6.45, 7) is 0.888. The first-order valence-electron chi connectivity index (χ1n) is 5.72. The van der Waals surface area contributed by atoms with Gasteiger partial charge < -0.3 is 5.73 Å². The molecule has 0 radical (unpaired) electrons. The van der Waals surface area contributed by atoms with E-state index in [0.29, 0.717) is 11.8 Å². The molecule has 0 bridgehead atoms. The van der Waals surface area contributed by atoms with Gasteiger partial charge in [-0.25, -0.2) is 0 Å². The Morgan fingerprint density at radius 3 is 2.87 bits per heavy atom. The SMILES string of the molecule is NC(=NCC1Cc2ccccc21)C1CC1. The van der Waals surface area contributed by atoms with Crippen molar-refractivity contribution in [3.05, 3.63) is 35.4 Å². The van der Waals surface area contributed by atoms with E-state index in [2.05, 4.69) is 29.3 Å². The molecular formula is C13H16N2. The number of hydrogen-bond acceptors (Lipinski definition) is 1. The molecule has 0 amide bonds. The molecule has 0 saturated heterocycles. The van der Waals surface area contributed by atoms with Gasteiger partial charge in [-0.15, -0.1) is 0 Å². The summed E-state index contributed by atoms with van der Waals surface area (Å²) in [7, 11) is 0. The molecule has 2 aliphatic rings. The molecule has 1 fully saturated rings. The Morgan fingerprint density at radius 1 is 1.33 bits per heavy atom. The molecule has 15 heavy (non-hydrogen) atoms. The van der Waals surface area contributed by atoms with Crippen molar-refractivity contribution in [2.24, 2.45) is 16.6 Å². The van der Waals surface area contributed by atoms with Gasteiger partial charge in [-0.1, -0.05) is 24.3 Å². The van der Waals surface area contributed by atoms with Crippen LogP contribution in [0.15, 0.2) is 29.3 Å². The first-order chi connectivity index (χ1) is 7.34. The normalized spacial score (nSPS) is 24.5. The Balaban J connectivity index is 1.65. The molecular weight excluding hydrogens is 184 g/mol. The van der Waals surface area contributed by atoms with E-state index in [0.717, 1.165) is 12.4 Å². The maximum absolute atomic E-state index is 5.88. The fourth-order valence-electron chi connectivity index (χ4n) is 2.25. The second kappa shape index (κ2) is 3.37. The summed E-state index contributed by atoms with van der Waals surface area (Å²) >= 11 is 0. The predicted octanol–water partition coefficient (Wildman–Crippen LogP) is 2.09. The van der Waals surface area contributed by atoms with Crippen LogP contribution in [0.1, 0.15) is 29.9 Å². The Morgan fingerprint density at radius 2 is 2.13 bits per heavy atom. The second-order valence-electron chi connectivity index (χ2n) is 4.64. The number of fused-ring (bicyclic) bond motifs is 1. The lowest BCUT2D eigenvalue weighted by molar-refractivity contribution is 0.618. The standard InChI is InChI=1S/C13H16N2/c14-13(9-5-6-9)15-8-11-7-10-3-1-2-4-12(10)11/h1-4,9,11H,5-8H2,(H2,14,15). The number of benzene rings is 1. The number of hydrogen-bond donors (Lipinski definition) is 1. The van der Waals surface area contributed by atoms with E-state index in [9.17, 15) is 0 Å². The highest BCUT2D eigenvalue weighted by Gasteiger charge is 2.28. The van der Waals surface area contributed by atoms with Gasteiger partial charge in [0.1, 0.15) is 0 Å². The summed E-state index contributed by atoms with van der Waals surface area (Å²) in [5, 5.41) is 0. The predicted molar refractivity (Wildman–Crippen MR) is 62.1 cm³/mol. The van der Waals surface area contributed by atoms with E-state index in [1.165, 1.54) is 30.4 Å². The molecule has 1 aromatic rings. The first kappa shape index (κ1) is 8.96. The van der Waals surface area contributed by atoms with Crippen LogP contribution in [0.4, 0.5) is 0 Å². The van der Waals surface area contributed by atoms with Gasteiger partial charge >= 0.3 is 0 Å². The zero-order chi connectivity index (χ0) is 10.3. The summed E-state index contributed by atoms with van der Waals surface area (Å²) in [5.74, 6) is 2.12. The van der Waals surface area contributed by atoms with Crippen molar-refractivity contribution in [2.75, 3.05) is 6.54 Å². The highest BCUT2D eigenvalue weighted by atomic mass is 14.9. The van der Waals surface area contributed by atoms with Crippen LogP contribution in [0.3, 0.4) is 0 Å². The van der Waals surface area contributed by atoms with Crippen LogP contribution in [0.25, 0.3) is 0 Å². The van der Waals surface area contributed by atoms with Crippen molar-refractivity contribution in [3.63, 3.8) is 0 Å². The van der Waals surface area contributed by atoms with Gasteiger partial charge in [0, 0.05) is 18.4 Å². The Kier molecular flexibility index (Phi) is 2.01. The molecule has 2 nitrogen and oxygen atoms in total. The third-order valence-corrected chi connectivity index (χ3v) is 3.45. The molecule has 2 N–H and O–H groups in total. The maximum atomic E-state index is 5.88. The van der Waals surface area contributed by atoms with Crippen LogP contribution < -0.4 is 5.73 Å². The third-order valence-electron chi connectivity index (χ3n) is 3.45. The highest BCUT2D eigenvalue weighted by Crippen LogP contribution is 2.35. The lowest BCUT2D eigenvalue weighted by Crippen LogP contribution is -2.22. The van der Waals surface area contributed by atoms with Gasteiger partial charge in [0.2, 0.25) is 0 Å². The van der Waals surface area contributed by atoms with Gasteiger partial charge in [-0.05, 0) is 30.4 Å². The lowest BCUT2D eigenvalue weighted by atomic mass is 9.78. The average Bonchev–Trinajstić information content (AvgIpc) is 3.02. The summed E-state index contributed by atoms with van der Waals surface area (Å²) < 4.78 is 0. The van der Waals surface area contributed by atoms with E-state index >= 15 is 0 Å². The van der Waals surface area contributed by atoms with Crippen LogP contribution in [-0.2, 0) is 6.42 Å². The fourth-order valence-corrected chi connectivity index (χ4v) is 2.25. The molecule has 1 aromatic carbocycles. The van der Waals surface area contributed by atoms with Crippen molar-refractivity contribution in [2.45, 2.75) is 25.2 Å². The van der Waals surface area contributed by atoms with E-state index < -0.39 is 0 Å². The Bertz CT molecular complexity index is 405. The van der Waals surface area contributed by atoms with Gasteiger partial charge in [-0.3, -0.25) is 4.99 Å². The molecule has 0 spiro atoms. The van der Waals surface area contributed by atoms with Gasteiger partial charge in [0.15, 0.2) is 0 Å². The summed E-state index contributed by atoms with van der Waals surface area (Å²) in [5.41, 5.74) is 8.84. The summed E-state index contributed by atoms with van der Waals surface area (Å²) in [6.07, 6.45) is 3.67. The molecule has 0 aromatic heterocycles. The third kappa shape index (κ3) is 1.65. The second-order valence-corrected chi connectivity index (χ2v) is 4.64. The number of nitrogens with two attached hydrogens (primary N) is 1. The summed E-state index contributed by atoms with van der Waals surface area (Å²) in [4.78, 5) is 4.50. The summed E-state index contributed by atoms with van der Waals surface area (Å²) in [6, 6.07) is 8.64. The van der Waals surface area contributed by atoms with Crippen LogP contribution in [0, 0.1) is 5.92 Å². The molecule has 3 rings (SSSR count). The molecule has 2 aliphatic carbocycles. The Hall–Kier alpha value is -1.31. The minimum absolute atomic E-state index is 0.611. The zero-order valence-electron chi connectivity index (χ0n) is 8.82. The number of amidine groups is 1. The Labute approximate surface area is 90.2 Å². The monoisotopic (exact) mass is 200 g/mol. The maximum Gasteiger partial charge on any atom is 0.0968 e. The van der Waals surface area contributed by atoms with Crippen LogP contribution in [-0.4, -0.2) is 12.4 Å². The van der Waals surface area contributed by atoms with Crippen molar-refractivity contribution in [3.8, 4) is 0 Å². The zero-order valence-corrected chi connectivity index (χ0v) is 8.82. The quantitative estimate of drug-likeness (QED) is 0.589. The molecule has 78 valence electrons. The van der Waals surface area contributed by atoms with Crippen molar-refractivity contribution < 1.29 is 0 Å². The van der Waals surface area contributed by atoms with Gasteiger partial charge in [0.25, 0.3) is 0 Å². The molecule has 2 heteroatoms. The fraction of sp³-hybridized carbons (Fsp3) is 0.462. The van der Waals surface area contributed by atoms with E-state index in [-0.39, 0.29) is 0 Å². The smallest absolute Gasteiger partial charge is 0.0968 e. The number of nitrogens with zero attached hydrogens (tertiary/aromatic N) is 1. The molecule has 0 heterocycles. The van der Waals surface area contributed by atoms with E-state index in [1.54, 1.807) is 0 Å². The van der Waals surface area contributed by atoms with Gasteiger partial charge in [0.05, 0.1) is 5.84 Å². The van der Waals surface area contributed by atoms with E-state index in [4.69, 9.17) is 5.73 Å². The van der Waals surface area contributed by atoms with Crippen molar-refractivity contribution in [1.82, 2.24) is 0 Å². The first-order valence-corrected chi connectivity index (χ1v) is 5.72. The molecule has 1 unspecified atom stereocenters. The lowest BCUT2D eigenvalue weighted by Gasteiger charge is -2.28. The average molecular weight is 200 g/mol. The molecule has 1 saturated carbocycles. The molecule has 0 aliphatic heterocycles. The molecule has 1 atom stereocenters. The van der Waals surface area contributed by atoms with Gasteiger partial charge in [-0.2, -0.15) is 0 Å². The minimum Gasteiger partial charge on any atom is -0.387 e.